The van der Waals surface area contributed by atoms with E-state index in [0.29, 0.717) is 25.3 Å². The summed E-state index contributed by atoms with van der Waals surface area (Å²) in [6.07, 6.45) is -0.404. The maximum absolute atomic E-state index is 13.1. The number of hydrogen-bond donors (Lipinski definition) is 1. The van der Waals surface area contributed by atoms with Gasteiger partial charge in [0, 0.05) is 18.9 Å². The number of carbonyl (C=O) groups is 1. The van der Waals surface area contributed by atoms with Crippen LogP contribution in [0.25, 0.3) is 11.0 Å². The Bertz CT molecular complexity index is 1380. The van der Waals surface area contributed by atoms with Crippen molar-refractivity contribution in [2.45, 2.75) is 38.8 Å². The molecule has 2 atom stereocenters. The number of imidazole rings is 1. The number of aryl methyl sites for hydroxylation is 2. The molecule has 1 saturated heterocycles. The van der Waals surface area contributed by atoms with Crippen molar-refractivity contribution < 1.29 is 19.4 Å². The molecular weight excluding hydrogens is 454 g/mol. The molecule has 1 aromatic heterocycles. The largest absolute Gasteiger partial charge is 0.495 e. The van der Waals surface area contributed by atoms with Crippen molar-refractivity contribution in [1.29, 1.82) is 0 Å². The Morgan fingerprint density at radius 2 is 1.75 bits per heavy atom. The zero-order valence-corrected chi connectivity index (χ0v) is 20.8. The maximum Gasteiger partial charge on any atom is 0.227 e. The molecule has 3 aromatic carbocycles. The van der Waals surface area contributed by atoms with Crippen LogP contribution >= 0.6 is 0 Å². The highest BCUT2D eigenvalue weighted by Gasteiger charge is 2.36. The first-order chi connectivity index (χ1) is 17.5. The van der Waals surface area contributed by atoms with E-state index in [2.05, 4.69) is 0 Å². The van der Waals surface area contributed by atoms with E-state index in [9.17, 15) is 9.90 Å². The quantitative estimate of drug-likeness (QED) is 0.394. The second-order valence-electron chi connectivity index (χ2n) is 9.33. The van der Waals surface area contributed by atoms with Gasteiger partial charge in [0.2, 0.25) is 5.91 Å². The number of aromatic nitrogens is 2. The highest BCUT2D eigenvalue weighted by Crippen LogP contribution is 2.37. The van der Waals surface area contributed by atoms with E-state index < -0.39 is 6.10 Å². The molecule has 7 nitrogen and oxygen atoms in total. The number of benzene rings is 3. The lowest BCUT2D eigenvalue weighted by molar-refractivity contribution is -0.117. The number of para-hydroxylation sites is 5. The summed E-state index contributed by atoms with van der Waals surface area (Å²) in [6.45, 7) is 4.98. The first-order valence-corrected chi connectivity index (χ1v) is 12.2. The summed E-state index contributed by atoms with van der Waals surface area (Å²) in [5.41, 5.74) is 4.62. The third-order valence-corrected chi connectivity index (χ3v) is 6.77. The van der Waals surface area contributed by atoms with Gasteiger partial charge < -0.3 is 24.0 Å². The van der Waals surface area contributed by atoms with Crippen LogP contribution in [0.1, 0.15) is 29.3 Å². The van der Waals surface area contributed by atoms with Crippen LogP contribution in [0.5, 0.6) is 11.5 Å². The summed E-state index contributed by atoms with van der Waals surface area (Å²) in [4.78, 5) is 19.7. The minimum atomic E-state index is -0.747. The summed E-state index contributed by atoms with van der Waals surface area (Å²) in [6, 6.07) is 21.4. The van der Waals surface area contributed by atoms with Gasteiger partial charge in [0.25, 0.3) is 0 Å². The van der Waals surface area contributed by atoms with Gasteiger partial charge in [-0.3, -0.25) is 4.79 Å². The van der Waals surface area contributed by atoms with Crippen LogP contribution in [0.15, 0.2) is 66.7 Å². The van der Waals surface area contributed by atoms with E-state index in [-0.39, 0.29) is 18.4 Å². The molecule has 0 radical (unpaired) electrons. The van der Waals surface area contributed by atoms with E-state index in [4.69, 9.17) is 14.5 Å². The van der Waals surface area contributed by atoms with Crippen LogP contribution in [-0.2, 0) is 11.3 Å². The van der Waals surface area contributed by atoms with Gasteiger partial charge in [0.1, 0.15) is 30.0 Å². The molecule has 5 rings (SSSR count). The Labute approximate surface area is 210 Å². The number of nitrogens with zero attached hydrogens (tertiary/aromatic N) is 3. The fourth-order valence-corrected chi connectivity index (χ4v) is 5.03. The number of amides is 1. The average Bonchev–Trinajstić information content (AvgIpc) is 3.44. The SMILES string of the molecule is COc1ccccc1N1C[C@H](c2nc3ccccc3n2C[C@H](O)COc2c(C)cccc2C)CC1=O. The molecule has 0 saturated carbocycles. The fraction of sp³-hybridized carbons (Fsp3) is 0.310. The second kappa shape index (κ2) is 10.0. The summed E-state index contributed by atoms with van der Waals surface area (Å²) in [5.74, 6) is 2.19. The Hall–Kier alpha value is -3.84. The Morgan fingerprint density at radius 3 is 2.53 bits per heavy atom. The highest BCUT2D eigenvalue weighted by atomic mass is 16.5. The molecule has 0 unspecified atom stereocenters. The lowest BCUT2D eigenvalue weighted by Crippen LogP contribution is -2.27. The molecule has 36 heavy (non-hydrogen) atoms. The van der Waals surface area contributed by atoms with E-state index in [0.717, 1.165) is 39.4 Å². The molecule has 0 bridgehead atoms. The van der Waals surface area contributed by atoms with Gasteiger partial charge in [-0.1, -0.05) is 42.5 Å². The normalized spacial score (nSPS) is 16.5. The van der Waals surface area contributed by atoms with Crippen LogP contribution in [0.2, 0.25) is 0 Å². The predicted molar refractivity (Wildman–Crippen MR) is 140 cm³/mol. The van der Waals surface area contributed by atoms with Crippen molar-refractivity contribution in [1.82, 2.24) is 9.55 Å². The number of aliphatic hydroxyl groups excluding tert-OH is 1. The van der Waals surface area contributed by atoms with Crippen molar-refractivity contribution in [3.63, 3.8) is 0 Å². The summed E-state index contributed by atoms with van der Waals surface area (Å²) in [7, 11) is 1.61. The van der Waals surface area contributed by atoms with E-state index in [1.807, 2.05) is 85.1 Å². The first kappa shape index (κ1) is 23.9. The topological polar surface area (TPSA) is 76.8 Å². The Kier molecular flexibility index (Phi) is 6.65. The van der Waals surface area contributed by atoms with Gasteiger partial charge in [0.05, 0.1) is 30.4 Å². The van der Waals surface area contributed by atoms with Gasteiger partial charge >= 0.3 is 0 Å². The number of aliphatic hydroxyl groups is 1. The number of hydrogen-bond acceptors (Lipinski definition) is 5. The molecule has 1 aliphatic rings. The molecule has 1 aliphatic heterocycles. The molecule has 0 aliphatic carbocycles. The Morgan fingerprint density at radius 1 is 1.03 bits per heavy atom. The van der Waals surface area contributed by atoms with Crippen LogP contribution in [-0.4, -0.2) is 46.9 Å². The second-order valence-corrected chi connectivity index (χ2v) is 9.33. The van der Waals surface area contributed by atoms with Gasteiger partial charge in [-0.2, -0.15) is 0 Å². The molecule has 7 heteroatoms. The molecule has 1 N–H and O–H groups in total. The van der Waals surface area contributed by atoms with Gasteiger partial charge in [0.15, 0.2) is 0 Å². The van der Waals surface area contributed by atoms with Crippen molar-refractivity contribution in [3.05, 3.63) is 83.7 Å². The molecule has 2 heterocycles. The highest BCUT2D eigenvalue weighted by molar-refractivity contribution is 5.97. The summed E-state index contributed by atoms with van der Waals surface area (Å²) >= 11 is 0. The maximum atomic E-state index is 13.1. The van der Waals surface area contributed by atoms with Gasteiger partial charge in [-0.05, 0) is 49.2 Å². The third kappa shape index (κ3) is 4.54. The van der Waals surface area contributed by atoms with Crippen LogP contribution < -0.4 is 14.4 Å². The van der Waals surface area contributed by atoms with Crippen molar-refractivity contribution in [2.75, 3.05) is 25.2 Å². The van der Waals surface area contributed by atoms with Crippen molar-refractivity contribution in [3.8, 4) is 11.5 Å². The number of methoxy groups -OCH3 is 1. The lowest BCUT2D eigenvalue weighted by Gasteiger charge is -2.21. The van der Waals surface area contributed by atoms with E-state index in [1.54, 1.807) is 12.0 Å². The van der Waals surface area contributed by atoms with Gasteiger partial charge in [-0.15, -0.1) is 0 Å². The first-order valence-electron chi connectivity index (χ1n) is 12.2. The van der Waals surface area contributed by atoms with Crippen LogP contribution in [0, 0.1) is 13.8 Å². The zero-order chi connectivity index (χ0) is 25.2. The zero-order valence-electron chi connectivity index (χ0n) is 20.8. The Balaban J connectivity index is 1.40. The summed E-state index contributed by atoms with van der Waals surface area (Å²) in [5, 5.41) is 11.0. The number of fused-ring (bicyclic) bond motifs is 1. The van der Waals surface area contributed by atoms with E-state index >= 15 is 0 Å². The molecule has 0 spiro atoms. The molecule has 1 fully saturated rings. The van der Waals surface area contributed by atoms with Crippen molar-refractivity contribution >= 4 is 22.6 Å². The summed E-state index contributed by atoms with van der Waals surface area (Å²) < 4.78 is 13.5. The number of carbonyl (C=O) groups excluding carboxylic acids is 1. The number of rotatable bonds is 8. The molecule has 4 aromatic rings. The smallest absolute Gasteiger partial charge is 0.227 e. The minimum absolute atomic E-state index is 0.0296. The van der Waals surface area contributed by atoms with Crippen LogP contribution in [0.3, 0.4) is 0 Å². The van der Waals surface area contributed by atoms with Crippen molar-refractivity contribution in [2.24, 2.45) is 0 Å². The van der Waals surface area contributed by atoms with E-state index in [1.165, 1.54) is 0 Å². The predicted octanol–water partition coefficient (Wildman–Crippen LogP) is 4.62. The molecule has 186 valence electrons. The van der Waals surface area contributed by atoms with Gasteiger partial charge in [-0.25, -0.2) is 4.98 Å². The standard InChI is InChI=1S/C29H31N3O4/c1-19-9-8-10-20(2)28(19)36-18-22(33)17-32-24-12-5-4-11-23(24)30-29(32)21-15-27(34)31(16-21)25-13-6-7-14-26(25)35-3/h4-14,21-22,33H,15-18H2,1-3H3/t21-,22+/m1/s1. The monoisotopic (exact) mass is 485 g/mol. The fourth-order valence-electron chi connectivity index (χ4n) is 5.03. The lowest BCUT2D eigenvalue weighted by atomic mass is 10.1. The molecular formula is C29H31N3O4. The number of anilines is 1. The molecule has 1 amide bonds. The van der Waals surface area contributed by atoms with Crippen LogP contribution in [0.4, 0.5) is 5.69 Å². The minimum Gasteiger partial charge on any atom is -0.495 e. The number of ether oxygens (including phenoxy) is 2. The average molecular weight is 486 g/mol. The third-order valence-electron chi connectivity index (χ3n) is 6.77.